The molecule has 49 heavy (non-hydrogen) atoms. The highest BCUT2D eigenvalue weighted by Crippen LogP contribution is 2.42. The number of methoxy groups -OCH3 is 1. The van der Waals surface area contributed by atoms with E-state index in [4.69, 9.17) is 21.1 Å². The van der Waals surface area contributed by atoms with E-state index in [-0.39, 0.29) is 18.3 Å². The molecular formula is C36H49ClN4O7S. The number of halogens is 1. The van der Waals surface area contributed by atoms with Crippen LogP contribution < -0.4 is 14.4 Å². The Morgan fingerprint density at radius 2 is 1.90 bits per heavy atom. The maximum atomic E-state index is 13.8. The van der Waals surface area contributed by atoms with E-state index in [1.54, 1.807) is 32.4 Å². The fourth-order valence-electron chi connectivity index (χ4n) is 6.89. The van der Waals surface area contributed by atoms with Crippen LogP contribution in [0.4, 0.5) is 5.69 Å². The number of nitrogens with zero attached hydrogens (tertiary/aromatic N) is 3. The summed E-state index contributed by atoms with van der Waals surface area (Å²) in [6.45, 7) is 2.04. The van der Waals surface area contributed by atoms with E-state index in [0.29, 0.717) is 54.4 Å². The van der Waals surface area contributed by atoms with E-state index in [9.17, 15) is 23.1 Å². The Kier molecular flexibility index (Phi) is 12.0. The van der Waals surface area contributed by atoms with Crippen molar-refractivity contribution in [3.8, 4) is 5.75 Å². The van der Waals surface area contributed by atoms with Crippen LogP contribution in [0.2, 0.25) is 5.02 Å². The van der Waals surface area contributed by atoms with Gasteiger partial charge in [0, 0.05) is 52.9 Å². The molecule has 0 aromatic heterocycles. The van der Waals surface area contributed by atoms with Crippen molar-refractivity contribution < 1.29 is 32.6 Å². The van der Waals surface area contributed by atoms with E-state index in [1.165, 1.54) is 19.0 Å². The summed E-state index contributed by atoms with van der Waals surface area (Å²) < 4.78 is 40.8. The third-order valence-corrected chi connectivity index (χ3v) is 11.8. The molecule has 2 aromatic carbocycles. The summed E-state index contributed by atoms with van der Waals surface area (Å²) in [6.07, 6.45) is 9.61. The molecule has 0 unspecified atom stereocenters. The molecule has 3 aliphatic rings. The first-order valence-corrected chi connectivity index (χ1v) is 18.8. The number of aryl methyl sites for hydroxylation is 1. The second-order valence-electron chi connectivity index (χ2n) is 13.6. The van der Waals surface area contributed by atoms with Crippen LogP contribution in [0.5, 0.6) is 5.75 Å². The number of allylic oxidation sites excluding steroid dienone is 1. The number of carbonyl (C=O) groups is 2. The molecule has 5 rings (SSSR count). The van der Waals surface area contributed by atoms with Crippen LogP contribution in [0.15, 0.2) is 48.6 Å². The Labute approximate surface area is 295 Å². The number of aliphatic hydroxyl groups is 1. The molecule has 0 saturated heterocycles. The Balaban J connectivity index is 1.62. The topological polar surface area (TPSA) is 129 Å². The number of hydrogen-bond acceptors (Lipinski definition) is 8. The van der Waals surface area contributed by atoms with E-state index >= 15 is 0 Å². The predicted octanol–water partition coefficient (Wildman–Crippen LogP) is 4.41. The average Bonchev–Trinajstić information content (AvgIpc) is 3.08. The molecule has 0 spiro atoms. The molecule has 11 nitrogen and oxygen atoms in total. The SMILES string of the molecule is CO[C@H]1/C=C/CCCN(C)C(=O)C[C@@](O)(C(=O)NS(=O)(=O)N(C)C)c2ccc3c(c2)N(CCCCc2cc(Cl)ccc2CO3)C[C@@H]2CC[C@H]21. The maximum absolute atomic E-state index is 13.8. The van der Waals surface area contributed by atoms with Crippen molar-refractivity contribution in [2.45, 2.75) is 69.7 Å². The van der Waals surface area contributed by atoms with Gasteiger partial charge in [-0.2, -0.15) is 12.7 Å². The highest BCUT2D eigenvalue weighted by molar-refractivity contribution is 7.87. The number of amides is 2. The number of ether oxygens (including phenoxy) is 2. The van der Waals surface area contributed by atoms with Gasteiger partial charge in [0.25, 0.3) is 5.91 Å². The van der Waals surface area contributed by atoms with Crippen LogP contribution in [0.3, 0.4) is 0 Å². The van der Waals surface area contributed by atoms with Crippen LogP contribution >= 0.6 is 11.6 Å². The third-order valence-electron chi connectivity index (χ3n) is 10.2. The predicted molar refractivity (Wildman–Crippen MR) is 190 cm³/mol. The van der Waals surface area contributed by atoms with Crippen molar-refractivity contribution in [1.29, 1.82) is 0 Å². The lowest BCUT2D eigenvalue weighted by Gasteiger charge is -2.43. The minimum Gasteiger partial charge on any atom is -0.487 e. The van der Waals surface area contributed by atoms with Gasteiger partial charge in [0.05, 0.1) is 18.2 Å². The van der Waals surface area contributed by atoms with Crippen molar-refractivity contribution in [3.05, 3.63) is 70.3 Å². The van der Waals surface area contributed by atoms with Gasteiger partial charge in [-0.1, -0.05) is 35.9 Å². The smallest absolute Gasteiger partial charge is 0.303 e. The van der Waals surface area contributed by atoms with Gasteiger partial charge in [-0.25, -0.2) is 4.72 Å². The molecule has 2 aliphatic heterocycles. The Morgan fingerprint density at radius 3 is 2.61 bits per heavy atom. The zero-order valence-corrected chi connectivity index (χ0v) is 30.4. The van der Waals surface area contributed by atoms with Crippen molar-refractivity contribution in [1.82, 2.24) is 13.9 Å². The van der Waals surface area contributed by atoms with Crippen LogP contribution in [0.25, 0.3) is 0 Å². The maximum Gasteiger partial charge on any atom is 0.303 e. The molecule has 4 atom stereocenters. The van der Waals surface area contributed by atoms with E-state index in [2.05, 4.69) is 17.1 Å². The summed E-state index contributed by atoms with van der Waals surface area (Å²) in [5.74, 6) is -0.516. The minimum atomic E-state index is -4.28. The van der Waals surface area contributed by atoms with E-state index in [1.807, 2.05) is 22.9 Å². The van der Waals surface area contributed by atoms with E-state index in [0.717, 1.165) is 54.0 Å². The van der Waals surface area contributed by atoms with E-state index < -0.39 is 34.0 Å². The van der Waals surface area contributed by atoms with Gasteiger partial charge in [0.2, 0.25) is 5.91 Å². The van der Waals surface area contributed by atoms with Crippen molar-refractivity contribution >= 4 is 39.3 Å². The van der Waals surface area contributed by atoms with Gasteiger partial charge in [-0.05, 0) is 97.7 Å². The number of fused-ring (bicyclic) bond motifs is 3. The zero-order valence-electron chi connectivity index (χ0n) is 28.9. The lowest BCUT2D eigenvalue weighted by Crippen LogP contribution is -2.51. The average molecular weight is 717 g/mol. The number of anilines is 1. The van der Waals surface area contributed by atoms with Crippen molar-refractivity contribution in [2.75, 3.05) is 52.8 Å². The van der Waals surface area contributed by atoms with Crippen LogP contribution in [0.1, 0.15) is 61.6 Å². The highest BCUT2D eigenvalue weighted by Gasteiger charge is 2.44. The lowest BCUT2D eigenvalue weighted by atomic mass is 9.70. The fraction of sp³-hybridized carbons (Fsp3) is 0.556. The van der Waals surface area contributed by atoms with Gasteiger partial charge < -0.3 is 24.4 Å². The van der Waals surface area contributed by atoms with Crippen LogP contribution in [-0.2, 0) is 43.2 Å². The number of hydrogen-bond donors (Lipinski definition) is 2. The number of carbonyl (C=O) groups excluding carboxylic acids is 2. The third kappa shape index (κ3) is 8.60. The molecular weight excluding hydrogens is 668 g/mol. The minimum absolute atomic E-state index is 0.0357. The molecule has 0 radical (unpaired) electrons. The van der Waals surface area contributed by atoms with Gasteiger partial charge in [0.15, 0.2) is 5.60 Å². The molecule has 268 valence electrons. The molecule has 2 amide bonds. The van der Waals surface area contributed by atoms with Gasteiger partial charge in [0.1, 0.15) is 12.4 Å². The Bertz CT molecular complexity index is 1650. The molecule has 2 aromatic rings. The molecule has 1 saturated carbocycles. The number of nitrogens with one attached hydrogen (secondary N) is 1. The second kappa shape index (κ2) is 15.8. The largest absolute Gasteiger partial charge is 0.487 e. The highest BCUT2D eigenvalue weighted by atomic mass is 35.5. The van der Waals surface area contributed by atoms with Crippen LogP contribution in [-0.4, -0.2) is 88.5 Å². The molecule has 1 aliphatic carbocycles. The molecule has 2 bridgehead atoms. The summed E-state index contributed by atoms with van der Waals surface area (Å²) in [7, 11) is 1.63. The first-order valence-electron chi connectivity index (χ1n) is 17.0. The summed E-state index contributed by atoms with van der Waals surface area (Å²) in [5, 5.41) is 12.9. The Hall–Kier alpha value is -3.16. The zero-order chi connectivity index (χ0) is 35.3. The van der Waals surface area contributed by atoms with Gasteiger partial charge >= 0.3 is 10.2 Å². The molecule has 1 fully saturated rings. The quantitative estimate of drug-likeness (QED) is 0.446. The first-order chi connectivity index (χ1) is 23.3. The number of rotatable bonds is 4. The summed E-state index contributed by atoms with van der Waals surface area (Å²) >= 11 is 6.36. The van der Waals surface area contributed by atoms with Gasteiger partial charge in [-0.15, -0.1) is 0 Å². The van der Waals surface area contributed by atoms with Crippen molar-refractivity contribution in [3.63, 3.8) is 0 Å². The normalized spacial score (nSPS) is 26.3. The van der Waals surface area contributed by atoms with Crippen molar-refractivity contribution in [2.24, 2.45) is 11.8 Å². The first kappa shape index (κ1) is 37.1. The summed E-state index contributed by atoms with van der Waals surface area (Å²) in [6, 6.07) is 10.7. The molecule has 13 heteroatoms. The standard InChI is InChI=1S/C36H49ClN4O7S/c1-39(2)49(45,46)38-35(43)36(44)22-34(42)40(3)18-8-5-6-11-32(47-4)30-16-13-26(30)23-41-19-9-7-10-25-20-29(37)15-12-27(25)24-48-33-17-14-28(36)21-31(33)41/h6,11-12,14-15,17,20-21,26,30,32,44H,5,7-10,13,16,18-19,22-24H2,1-4H3,(H,38,43)/b11-6+/t26-,30+,32-,36-/m0/s1. The molecule has 2 heterocycles. The fourth-order valence-corrected chi connectivity index (χ4v) is 7.67. The van der Waals surface area contributed by atoms with Crippen LogP contribution in [0, 0.1) is 11.8 Å². The molecule has 2 N–H and O–H groups in total. The Morgan fingerprint density at radius 1 is 1.10 bits per heavy atom. The second-order valence-corrected chi connectivity index (χ2v) is 16.0. The lowest BCUT2D eigenvalue weighted by molar-refractivity contribution is -0.148. The summed E-state index contributed by atoms with van der Waals surface area (Å²) in [4.78, 5) is 31.1. The number of benzene rings is 2. The monoisotopic (exact) mass is 716 g/mol. The summed E-state index contributed by atoms with van der Waals surface area (Å²) in [5.41, 5.74) is 0.409. The van der Waals surface area contributed by atoms with Gasteiger partial charge in [-0.3, -0.25) is 9.59 Å².